The average molecular weight is 262 g/mol. The van der Waals surface area contributed by atoms with Gasteiger partial charge >= 0.3 is 0 Å². The summed E-state index contributed by atoms with van der Waals surface area (Å²) in [6, 6.07) is 0.518. The number of aliphatic hydroxyl groups is 1. The highest BCUT2D eigenvalue weighted by atomic mass is 32.2. The van der Waals surface area contributed by atoms with Gasteiger partial charge in [-0.05, 0) is 20.2 Å². The second-order valence-corrected chi connectivity index (χ2v) is 5.72. The number of morpholine rings is 1. The molecule has 102 valence electrons. The normalized spacial score (nSPS) is 21.7. The fourth-order valence-electron chi connectivity index (χ4n) is 2.02. The van der Waals surface area contributed by atoms with Crippen molar-refractivity contribution < 1.29 is 9.84 Å². The number of nitrogens with zero attached hydrogens (tertiary/aromatic N) is 2. The predicted molar refractivity (Wildman–Crippen MR) is 73.7 cm³/mol. The summed E-state index contributed by atoms with van der Waals surface area (Å²) < 4.78 is 5.30. The highest BCUT2D eigenvalue weighted by Crippen LogP contribution is 2.05. The molecule has 4 nitrogen and oxygen atoms in total. The van der Waals surface area contributed by atoms with E-state index in [0.717, 1.165) is 45.1 Å². The van der Waals surface area contributed by atoms with E-state index in [1.165, 1.54) is 0 Å². The van der Waals surface area contributed by atoms with Gasteiger partial charge in [0.05, 0.1) is 19.3 Å². The molecule has 0 aromatic rings. The maximum Gasteiger partial charge on any atom is 0.0793 e. The Hall–Kier alpha value is 0.190. The van der Waals surface area contributed by atoms with E-state index in [4.69, 9.17) is 4.74 Å². The summed E-state index contributed by atoms with van der Waals surface area (Å²) in [6.45, 7) is 7.20. The molecule has 0 radical (unpaired) electrons. The van der Waals surface area contributed by atoms with Crippen molar-refractivity contribution in [3.63, 3.8) is 0 Å². The van der Waals surface area contributed by atoms with E-state index in [9.17, 15) is 5.11 Å². The Labute approximate surface area is 109 Å². The van der Waals surface area contributed by atoms with E-state index in [2.05, 4.69) is 30.0 Å². The topological polar surface area (TPSA) is 35.9 Å². The molecule has 1 fully saturated rings. The highest BCUT2D eigenvalue weighted by molar-refractivity contribution is 7.98. The smallest absolute Gasteiger partial charge is 0.0793 e. The summed E-state index contributed by atoms with van der Waals surface area (Å²) in [5, 5.41) is 10.1. The molecule has 2 atom stereocenters. The molecule has 1 N–H and O–H groups in total. The second-order valence-electron chi connectivity index (χ2n) is 4.81. The fourth-order valence-corrected chi connectivity index (χ4v) is 2.76. The van der Waals surface area contributed by atoms with Gasteiger partial charge < -0.3 is 14.7 Å². The van der Waals surface area contributed by atoms with Crippen LogP contribution in [0.1, 0.15) is 6.92 Å². The van der Waals surface area contributed by atoms with Gasteiger partial charge in [-0.3, -0.25) is 4.90 Å². The third kappa shape index (κ3) is 6.06. The van der Waals surface area contributed by atoms with Crippen LogP contribution in [0.2, 0.25) is 0 Å². The van der Waals surface area contributed by atoms with Gasteiger partial charge in [-0.25, -0.2) is 0 Å². The van der Waals surface area contributed by atoms with Crippen LogP contribution in [0.3, 0.4) is 0 Å². The summed E-state index contributed by atoms with van der Waals surface area (Å²) in [6.07, 6.45) is 1.86. The minimum atomic E-state index is -0.262. The van der Waals surface area contributed by atoms with Gasteiger partial charge in [0.25, 0.3) is 0 Å². The molecule has 1 heterocycles. The van der Waals surface area contributed by atoms with Crippen LogP contribution in [-0.2, 0) is 4.74 Å². The fraction of sp³-hybridized carbons (Fsp3) is 1.00. The Bertz CT molecular complexity index is 201. The molecular formula is C12H26N2O2S. The number of hydrogen-bond acceptors (Lipinski definition) is 5. The van der Waals surface area contributed by atoms with Gasteiger partial charge in [-0.1, -0.05) is 0 Å². The van der Waals surface area contributed by atoms with Crippen molar-refractivity contribution in [1.82, 2.24) is 9.80 Å². The molecule has 1 saturated heterocycles. The number of likely N-dealkylation sites (N-methyl/N-ethyl adjacent to an activating group) is 1. The predicted octanol–water partition coefficient (Wildman–Crippen LogP) is 0.363. The first-order valence-corrected chi connectivity index (χ1v) is 7.70. The molecule has 0 aliphatic carbocycles. The Morgan fingerprint density at radius 3 is 2.65 bits per heavy atom. The van der Waals surface area contributed by atoms with E-state index in [0.29, 0.717) is 6.04 Å². The lowest BCUT2D eigenvalue weighted by Crippen LogP contribution is -2.45. The SMILES string of the molecule is CSCC(C)N(C)CC(O)CN1CCOCC1. The van der Waals surface area contributed by atoms with Crippen molar-refractivity contribution >= 4 is 11.8 Å². The first kappa shape index (κ1) is 15.2. The third-order valence-electron chi connectivity index (χ3n) is 3.23. The van der Waals surface area contributed by atoms with Crippen LogP contribution in [0.25, 0.3) is 0 Å². The Morgan fingerprint density at radius 1 is 1.41 bits per heavy atom. The lowest BCUT2D eigenvalue weighted by Gasteiger charge is -2.31. The van der Waals surface area contributed by atoms with Crippen molar-refractivity contribution in [3.8, 4) is 0 Å². The van der Waals surface area contributed by atoms with Gasteiger partial charge in [-0.2, -0.15) is 11.8 Å². The standard InChI is InChI=1S/C12H26N2O2S/c1-11(10-17-3)13(2)8-12(15)9-14-4-6-16-7-5-14/h11-12,15H,4-10H2,1-3H3. The Kier molecular flexibility index (Phi) is 7.46. The van der Waals surface area contributed by atoms with Gasteiger partial charge in [0.1, 0.15) is 0 Å². The molecule has 0 amide bonds. The van der Waals surface area contributed by atoms with Crippen molar-refractivity contribution in [3.05, 3.63) is 0 Å². The van der Waals surface area contributed by atoms with Crippen LogP contribution in [0.4, 0.5) is 0 Å². The minimum Gasteiger partial charge on any atom is -0.390 e. The molecular weight excluding hydrogens is 236 g/mol. The maximum atomic E-state index is 10.1. The second kappa shape index (κ2) is 8.32. The van der Waals surface area contributed by atoms with Crippen LogP contribution >= 0.6 is 11.8 Å². The minimum absolute atomic E-state index is 0.262. The maximum absolute atomic E-state index is 10.1. The molecule has 0 saturated carbocycles. The van der Waals surface area contributed by atoms with Crippen molar-refractivity contribution in [2.75, 3.05) is 58.4 Å². The molecule has 0 spiro atoms. The summed E-state index contributed by atoms with van der Waals surface area (Å²) >= 11 is 1.85. The largest absolute Gasteiger partial charge is 0.390 e. The number of ether oxygens (including phenoxy) is 1. The molecule has 1 aliphatic heterocycles. The molecule has 1 aliphatic rings. The van der Waals surface area contributed by atoms with E-state index < -0.39 is 0 Å². The molecule has 0 aromatic heterocycles. The van der Waals surface area contributed by atoms with Crippen LogP contribution in [0.15, 0.2) is 0 Å². The molecule has 2 unspecified atom stereocenters. The van der Waals surface area contributed by atoms with E-state index in [1.54, 1.807) is 0 Å². The molecule has 1 rings (SSSR count). The number of hydrogen-bond donors (Lipinski definition) is 1. The molecule has 0 bridgehead atoms. The highest BCUT2D eigenvalue weighted by Gasteiger charge is 2.18. The van der Waals surface area contributed by atoms with Gasteiger partial charge in [0, 0.05) is 38.0 Å². The van der Waals surface area contributed by atoms with Gasteiger partial charge in [-0.15, -0.1) is 0 Å². The molecule has 0 aromatic carbocycles. The summed E-state index contributed by atoms with van der Waals surface area (Å²) in [5.74, 6) is 1.11. The van der Waals surface area contributed by atoms with Crippen molar-refractivity contribution in [1.29, 1.82) is 0 Å². The quantitative estimate of drug-likeness (QED) is 0.717. The first-order valence-electron chi connectivity index (χ1n) is 6.30. The zero-order valence-corrected chi connectivity index (χ0v) is 12.1. The van der Waals surface area contributed by atoms with E-state index in [-0.39, 0.29) is 6.10 Å². The van der Waals surface area contributed by atoms with Crippen LogP contribution in [0, 0.1) is 0 Å². The van der Waals surface area contributed by atoms with Crippen LogP contribution in [0.5, 0.6) is 0 Å². The van der Waals surface area contributed by atoms with Gasteiger partial charge in [0.2, 0.25) is 0 Å². The lowest BCUT2D eigenvalue weighted by atomic mass is 10.2. The van der Waals surface area contributed by atoms with Crippen molar-refractivity contribution in [2.24, 2.45) is 0 Å². The number of aliphatic hydroxyl groups excluding tert-OH is 1. The third-order valence-corrected chi connectivity index (χ3v) is 4.05. The van der Waals surface area contributed by atoms with Gasteiger partial charge in [0.15, 0.2) is 0 Å². The lowest BCUT2D eigenvalue weighted by molar-refractivity contribution is 0.00696. The van der Waals surface area contributed by atoms with E-state index >= 15 is 0 Å². The summed E-state index contributed by atoms with van der Waals surface area (Å²) in [7, 11) is 2.09. The number of rotatable bonds is 7. The molecule has 5 heteroatoms. The van der Waals surface area contributed by atoms with Crippen LogP contribution in [-0.4, -0.2) is 85.5 Å². The summed E-state index contributed by atoms with van der Waals surface area (Å²) in [5.41, 5.74) is 0. The van der Waals surface area contributed by atoms with Crippen LogP contribution < -0.4 is 0 Å². The van der Waals surface area contributed by atoms with Crippen molar-refractivity contribution in [2.45, 2.75) is 19.1 Å². The van der Waals surface area contributed by atoms with E-state index in [1.807, 2.05) is 11.8 Å². The molecule has 17 heavy (non-hydrogen) atoms. The Morgan fingerprint density at radius 2 is 2.06 bits per heavy atom. The Balaban J connectivity index is 2.20. The zero-order chi connectivity index (χ0) is 12.7. The first-order chi connectivity index (χ1) is 8.13. The monoisotopic (exact) mass is 262 g/mol. The number of thioether (sulfide) groups is 1. The number of β-amino-alcohol motifs (C(OH)–C–C–N with tert-alkyl or cyclic N) is 1. The zero-order valence-electron chi connectivity index (χ0n) is 11.3. The average Bonchev–Trinajstić information content (AvgIpc) is 2.30. The summed E-state index contributed by atoms with van der Waals surface area (Å²) in [4.78, 5) is 4.52.